The molecule has 1 unspecified atom stereocenters. The van der Waals surface area contributed by atoms with E-state index in [2.05, 4.69) is 10.6 Å². The number of hydrogen-bond acceptors (Lipinski definition) is 3. The number of carbonyl (C=O) groups is 1. The first kappa shape index (κ1) is 17.0. The first-order valence-electron chi connectivity index (χ1n) is 7.62. The van der Waals surface area contributed by atoms with E-state index < -0.39 is 0 Å². The number of hydrogen-bond donors (Lipinski definition) is 3. The fraction of sp³-hybridized carbons (Fsp3) is 0.278. The average Bonchev–Trinajstić information content (AvgIpc) is 2.50. The van der Waals surface area contributed by atoms with Crippen LogP contribution >= 0.6 is 0 Å². The molecule has 0 saturated carbocycles. The van der Waals surface area contributed by atoms with Crippen LogP contribution in [0.25, 0.3) is 0 Å². The summed E-state index contributed by atoms with van der Waals surface area (Å²) in [5, 5.41) is 5.91. The van der Waals surface area contributed by atoms with Gasteiger partial charge in [0.15, 0.2) is 0 Å². The summed E-state index contributed by atoms with van der Waals surface area (Å²) in [6, 6.07) is 13.4. The van der Waals surface area contributed by atoms with Crippen molar-refractivity contribution in [2.45, 2.75) is 32.4 Å². The van der Waals surface area contributed by atoms with Crippen molar-refractivity contribution in [3.8, 4) is 0 Å². The number of rotatable bonds is 6. The Morgan fingerprint density at radius 2 is 1.83 bits per heavy atom. The molecule has 0 aromatic heterocycles. The van der Waals surface area contributed by atoms with E-state index in [9.17, 15) is 9.18 Å². The molecule has 0 heterocycles. The van der Waals surface area contributed by atoms with Gasteiger partial charge in [-0.15, -0.1) is 0 Å². The predicted molar refractivity (Wildman–Crippen MR) is 91.8 cm³/mol. The van der Waals surface area contributed by atoms with Crippen molar-refractivity contribution in [2.75, 3.05) is 10.6 Å². The number of nitrogens with one attached hydrogen (secondary N) is 2. The first-order chi connectivity index (χ1) is 11.0. The van der Waals surface area contributed by atoms with E-state index in [0.717, 1.165) is 5.56 Å². The van der Waals surface area contributed by atoms with Crippen molar-refractivity contribution in [1.29, 1.82) is 0 Å². The number of amides is 1. The van der Waals surface area contributed by atoms with Gasteiger partial charge in [0.2, 0.25) is 5.91 Å². The lowest BCUT2D eigenvalue weighted by Crippen LogP contribution is -2.21. The highest BCUT2D eigenvalue weighted by atomic mass is 19.1. The van der Waals surface area contributed by atoms with E-state index in [1.54, 1.807) is 6.07 Å². The third-order valence-corrected chi connectivity index (χ3v) is 3.33. The van der Waals surface area contributed by atoms with Crippen molar-refractivity contribution in [3.05, 3.63) is 59.9 Å². The number of halogens is 1. The van der Waals surface area contributed by atoms with Gasteiger partial charge in [0.25, 0.3) is 0 Å². The summed E-state index contributed by atoms with van der Waals surface area (Å²) in [5.41, 5.74) is 8.06. The molecular formula is C18H22FN3O. The number of anilines is 2. The monoisotopic (exact) mass is 315 g/mol. The standard InChI is InChI=1S/C18H22FN3O/c1-12(2)21-17-10-14(19)8-9-16(17)22-18(23)11-15(20)13-6-4-3-5-7-13/h3-10,12,15,21H,11,20H2,1-2H3,(H,22,23). The van der Waals surface area contributed by atoms with E-state index >= 15 is 0 Å². The normalized spacial score (nSPS) is 12.0. The molecule has 0 spiro atoms. The van der Waals surface area contributed by atoms with Gasteiger partial charge in [-0.05, 0) is 37.6 Å². The molecule has 4 nitrogen and oxygen atoms in total. The number of nitrogens with two attached hydrogens (primary N) is 1. The van der Waals surface area contributed by atoms with Gasteiger partial charge in [0.1, 0.15) is 5.82 Å². The molecule has 0 aliphatic rings. The van der Waals surface area contributed by atoms with Crippen LogP contribution in [0.3, 0.4) is 0 Å². The minimum absolute atomic E-state index is 0.124. The molecule has 0 fully saturated rings. The molecule has 0 radical (unpaired) electrons. The van der Waals surface area contributed by atoms with Crippen molar-refractivity contribution >= 4 is 17.3 Å². The first-order valence-corrected chi connectivity index (χ1v) is 7.62. The molecule has 0 bridgehead atoms. The minimum atomic E-state index is -0.377. The second kappa shape index (κ2) is 7.74. The van der Waals surface area contributed by atoms with Gasteiger partial charge >= 0.3 is 0 Å². The molecule has 4 N–H and O–H groups in total. The van der Waals surface area contributed by atoms with Crippen LogP contribution in [-0.2, 0) is 4.79 Å². The Hall–Kier alpha value is -2.40. The summed E-state index contributed by atoms with van der Waals surface area (Å²) in [5.74, 6) is -0.563. The molecule has 23 heavy (non-hydrogen) atoms. The van der Waals surface area contributed by atoms with Crippen LogP contribution in [0.15, 0.2) is 48.5 Å². The Morgan fingerprint density at radius 1 is 1.13 bits per heavy atom. The minimum Gasteiger partial charge on any atom is -0.381 e. The maximum absolute atomic E-state index is 13.4. The third kappa shape index (κ3) is 5.07. The zero-order chi connectivity index (χ0) is 16.8. The molecule has 2 aromatic rings. The highest BCUT2D eigenvalue weighted by Gasteiger charge is 2.14. The molecule has 0 aliphatic carbocycles. The number of benzene rings is 2. The molecule has 1 atom stereocenters. The quantitative estimate of drug-likeness (QED) is 0.762. The summed E-state index contributed by atoms with van der Waals surface area (Å²) >= 11 is 0. The van der Waals surface area contributed by atoms with Gasteiger partial charge in [-0.3, -0.25) is 4.79 Å². The van der Waals surface area contributed by atoms with Crippen molar-refractivity contribution < 1.29 is 9.18 Å². The molecule has 0 saturated heterocycles. The topological polar surface area (TPSA) is 67.1 Å². The summed E-state index contributed by atoms with van der Waals surface area (Å²) in [6.45, 7) is 3.89. The second-order valence-corrected chi connectivity index (χ2v) is 5.76. The van der Waals surface area contributed by atoms with Crippen LogP contribution in [0.1, 0.15) is 31.9 Å². The van der Waals surface area contributed by atoms with Gasteiger partial charge in [-0.1, -0.05) is 30.3 Å². The average molecular weight is 315 g/mol. The Balaban J connectivity index is 2.05. The lowest BCUT2D eigenvalue weighted by Gasteiger charge is -2.17. The lowest BCUT2D eigenvalue weighted by molar-refractivity contribution is -0.116. The van der Waals surface area contributed by atoms with Crippen LogP contribution in [-0.4, -0.2) is 11.9 Å². The Kier molecular flexibility index (Phi) is 5.71. The number of carbonyl (C=O) groups excluding carboxylic acids is 1. The Labute approximate surface area is 135 Å². The molecule has 2 rings (SSSR count). The zero-order valence-corrected chi connectivity index (χ0v) is 13.3. The molecule has 5 heteroatoms. The summed E-state index contributed by atoms with van der Waals surface area (Å²) in [4.78, 5) is 12.2. The maximum atomic E-state index is 13.4. The Morgan fingerprint density at radius 3 is 2.48 bits per heavy atom. The fourth-order valence-corrected chi connectivity index (χ4v) is 2.27. The van der Waals surface area contributed by atoms with Crippen molar-refractivity contribution in [3.63, 3.8) is 0 Å². The highest BCUT2D eigenvalue weighted by molar-refractivity contribution is 5.94. The maximum Gasteiger partial charge on any atom is 0.226 e. The van der Waals surface area contributed by atoms with Crippen LogP contribution in [0, 0.1) is 5.82 Å². The van der Waals surface area contributed by atoms with Crippen LogP contribution in [0.2, 0.25) is 0 Å². The second-order valence-electron chi connectivity index (χ2n) is 5.76. The predicted octanol–water partition coefficient (Wildman–Crippen LogP) is 3.67. The molecule has 2 aromatic carbocycles. The van der Waals surface area contributed by atoms with Gasteiger partial charge in [-0.25, -0.2) is 4.39 Å². The van der Waals surface area contributed by atoms with Crippen molar-refractivity contribution in [1.82, 2.24) is 0 Å². The van der Waals surface area contributed by atoms with E-state index in [4.69, 9.17) is 5.73 Å². The van der Waals surface area contributed by atoms with Crippen molar-refractivity contribution in [2.24, 2.45) is 5.73 Å². The summed E-state index contributed by atoms with van der Waals surface area (Å²) < 4.78 is 13.4. The molecule has 0 aliphatic heterocycles. The van der Waals surface area contributed by atoms with Gasteiger partial charge < -0.3 is 16.4 Å². The molecule has 122 valence electrons. The molecule has 1 amide bonds. The van der Waals surface area contributed by atoms with Gasteiger partial charge in [-0.2, -0.15) is 0 Å². The third-order valence-electron chi connectivity index (χ3n) is 3.33. The van der Waals surface area contributed by atoms with Crippen LogP contribution in [0.5, 0.6) is 0 Å². The Bertz CT molecular complexity index is 659. The van der Waals surface area contributed by atoms with E-state index in [0.29, 0.717) is 11.4 Å². The van der Waals surface area contributed by atoms with Crippen LogP contribution in [0.4, 0.5) is 15.8 Å². The molecular weight excluding hydrogens is 293 g/mol. The van der Waals surface area contributed by atoms with Gasteiger partial charge in [0, 0.05) is 18.5 Å². The fourth-order valence-electron chi connectivity index (χ4n) is 2.27. The van der Waals surface area contributed by atoms with Crippen LogP contribution < -0.4 is 16.4 Å². The SMILES string of the molecule is CC(C)Nc1cc(F)ccc1NC(=O)CC(N)c1ccccc1. The van der Waals surface area contributed by atoms with E-state index in [1.807, 2.05) is 44.2 Å². The highest BCUT2D eigenvalue weighted by Crippen LogP contribution is 2.24. The smallest absolute Gasteiger partial charge is 0.226 e. The van der Waals surface area contributed by atoms with E-state index in [-0.39, 0.29) is 30.2 Å². The lowest BCUT2D eigenvalue weighted by atomic mass is 10.0. The zero-order valence-electron chi connectivity index (χ0n) is 13.3. The summed E-state index contributed by atoms with van der Waals surface area (Å²) in [6.07, 6.45) is 0.155. The van der Waals surface area contributed by atoms with E-state index in [1.165, 1.54) is 12.1 Å². The van der Waals surface area contributed by atoms with Gasteiger partial charge in [0.05, 0.1) is 11.4 Å². The largest absolute Gasteiger partial charge is 0.381 e. The summed E-state index contributed by atoms with van der Waals surface area (Å²) in [7, 11) is 0.